The molecule has 2 aromatic rings. The van der Waals surface area contributed by atoms with E-state index in [-0.39, 0.29) is 24.0 Å². The molecule has 0 amide bonds. The summed E-state index contributed by atoms with van der Waals surface area (Å²) in [6.45, 7) is 7.47. The van der Waals surface area contributed by atoms with Gasteiger partial charge in [0.2, 0.25) is 5.95 Å². The molecule has 0 aromatic carbocycles. The lowest BCUT2D eigenvalue weighted by atomic mass is 10.2. The summed E-state index contributed by atoms with van der Waals surface area (Å²) in [6, 6.07) is 1.85. The molecular formula is C18H29IN8. The zero-order valence-corrected chi connectivity index (χ0v) is 18.4. The van der Waals surface area contributed by atoms with Crippen molar-refractivity contribution in [2.45, 2.75) is 19.8 Å². The lowest BCUT2D eigenvalue weighted by molar-refractivity contribution is 0.370. The van der Waals surface area contributed by atoms with Crippen LogP contribution in [0.4, 0.5) is 5.95 Å². The Morgan fingerprint density at radius 2 is 1.93 bits per heavy atom. The molecule has 0 atom stereocenters. The van der Waals surface area contributed by atoms with E-state index in [1.54, 1.807) is 12.4 Å². The van der Waals surface area contributed by atoms with Crippen LogP contribution in [0.25, 0.3) is 0 Å². The van der Waals surface area contributed by atoms with Crippen LogP contribution in [0.5, 0.6) is 0 Å². The van der Waals surface area contributed by atoms with E-state index in [4.69, 9.17) is 4.99 Å². The predicted octanol–water partition coefficient (Wildman–Crippen LogP) is 1.55. The maximum atomic E-state index is 4.81. The summed E-state index contributed by atoms with van der Waals surface area (Å²) >= 11 is 0. The number of halogens is 1. The minimum atomic E-state index is 0. The van der Waals surface area contributed by atoms with Gasteiger partial charge in [-0.2, -0.15) is 5.10 Å². The van der Waals surface area contributed by atoms with Crippen LogP contribution >= 0.6 is 24.0 Å². The maximum Gasteiger partial charge on any atom is 0.225 e. The first-order chi connectivity index (χ1) is 12.8. The maximum absolute atomic E-state index is 4.81. The van der Waals surface area contributed by atoms with Crippen molar-refractivity contribution in [1.29, 1.82) is 0 Å². The van der Waals surface area contributed by atoms with E-state index in [0.29, 0.717) is 0 Å². The van der Waals surface area contributed by atoms with E-state index >= 15 is 0 Å². The van der Waals surface area contributed by atoms with Crippen molar-refractivity contribution in [1.82, 2.24) is 30.0 Å². The summed E-state index contributed by atoms with van der Waals surface area (Å²) in [7, 11) is 1.95. The molecular weight excluding hydrogens is 455 g/mol. The van der Waals surface area contributed by atoms with Crippen LogP contribution in [-0.4, -0.2) is 69.9 Å². The summed E-state index contributed by atoms with van der Waals surface area (Å²) < 4.78 is 1.85. The van der Waals surface area contributed by atoms with Crippen molar-refractivity contribution in [2.24, 2.45) is 12.0 Å². The van der Waals surface area contributed by atoms with Crippen molar-refractivity contribution in [3.8, 4) is 0 Å². The molecule has 0 bridgehead atoms. The largest absolute Gasteiger partial charge is 0.357 e. The Hall–Kier alpha value is -1.91. The highest BCUT2D eigenvalue weighted by atomic mass is 127. The summed E-state index contributed by atoms with van der Waals surface area (Å²) in [5, 5.41) is 7.63. The van der Waals surface area contributed by atoms with Gasteiger partial charge in [0.15, 0.2) is 5.96 Å². The molecule has 0 unspecified atom stereocenters. The van der Waals surface area contributed by atoms with Crippen LogP contribution in [0.3, 0.4) is 0 Å². The fourth-order valence-electron chi connectivity index (χ4n) is 3.07. The van der Waals surface area contributed by atoms with Crippen molar-refractivity contribution in [3.63, 3.8) is 0 Å². The Morgan fingerprint density at radius 3 is 2.56 bits per heavy atom. The van der Waals surface area contributed by atoms with Crippen molar-refractivity contribution >= 4 is 35.9 Å². The predicted molar refractivity (Wildman–Crippen MR) is 119 cm³/mol. The van der Waals surface area contributed by atoms with Gasteiger partial charge in [-0.05, 0) is 31.4 Å². The lowest BCUT2D eigenvalue weighted by Gasteiger charge is -2.36. The Morgan fingerprint density at radius 1 is 1.19 bits per heavy atom. The highest BCUT2D eigenvalue weighted by Crippen LogP contribution is 2.10. The molecule has 148 valence electrons. The average Bonchev–Trinajstić information content (AvgIpc) is 3.10. The van der Waals surface area contributed by atoms with Crippen molar-refractivity contribution in [3.05, 3.63) is 36.4 Å². The van der Waals surface area contributed by atoms with Gasteiger partial charge >= 0.3 is 0 Å². The number of hydrogen-bond donors (Lipinski definition) is 1. The molecule has 3 heterocycles. The Bertz CT molecular complexity index is 694. The molecule has 0 spiro atoms. The third kappa shape index (κ3) is 6.33. The minimum Gasteiger partial charge on any atom is -0.357 e. The van der Waals surface area contributed by atoms with E-state index in [2.05, 4.69) is 43.3 Å². The van der Waals surface area contributed by atoms with Crippen LogP contribution in [-0.2, 0) is 13.5 Å². The second-order valence-corrected chi connectivity index (χ2v) is 6.38. The van der Waals surface area contributed by atoms with Gasteiger partial charge in [-0.15, -0.1) is 24.0 Å². The molecule has 1 aliphatic heterocycles. The molecule has 1 fully saturated rings. The molecule has 0 radical (unpaired) electrons. The molecule has 1 saturated heterocycles. The normalized spacial score (nSPS) is 14.8. The average molecular weight is 484 g/mol. The molecule has 27 heavy (non-hydrogen) atoms. The van der Waals surface area contributed by atoms with Gasteiger partial charge < -0.3 is 15.1 Å². The number of piperazine rings is 1. The third-order valence-corrected chi connectivity index (χ3v) is 4.39. The van der Waals surface area contributed by atoms with Gasteiger partial charge in [-0.25, -0.2) is 9.97 Å². The number of aromatic nitrogens is 4. The zero-order chi connectivity index (χ0) is 18.2. The van der Waals surface area contributed by atoms with Crippen molar-refractivity contribution in [2.75, 3.05) is 44.2 Å². The number of aliphatic imine (C=N–C) groups is 1. The number of aryl methyl sites for hydroxylation is 2. The first-order valence-electron chi connectivity index (χ1n) is 9.29. The van der Waals surface area contributed by atoms with Crippen LogP contribution in [0, 0.1) is 0 Å². The van der Waals surface area contributed by atoms with E-state index in [1.807, 2.05) is 24.0 Å². The fraction of sp³-hybridized carbons (Fsp3) is 0.556. The van der Waals surface area contributed by atoms with E-state index < -0.39 is 0 Å². The smallest absolute Gasteiger partial charge is 0.225 e. The van der Waals surface area contributed by atoms with Gasteiger partial charge in [-0.3, -0.25) is 9.67 Å². The van der Waals surface area contributed by atoms with Gasteiger partial charge in [-0.1, -0.05) is 0 Å². The Balaban J connectivity index is 0.00000261. The number of anilines is 1. The third-order valence-electron chi connectivity index (χ3n) is 4.39. The van der Waals surface area contributed by atoms with E-state index in [0.717, 1.165) is 64.0 Å². The second kappa shape index (κ2) is 11.1. The number of rotatable bonds is 6. The summed E-state index contributed by atoms with van der Waals surface area (Å²) in [5.74, 6) is 1.82. The van der Waals surface area contributed by atoms with Gasteiger partial charge in [0, 0.05) is 64.9 Å². The Labute approximate surface area is 178 Å². The van der Waals surface area contributed by atoms with Crippen LogP contribution < -0.4 is 10.2 Å². The molecule has 0 aliphatic carbocycles. The van der Waals surface area contributed by atoms with Crippen LogP contribution in [0.1, 0.15) is 18.9 Å². The standard InChI is InChI=1S/C18H28N8.HI/c1-3-19-17(20-7-4-6-16-14-23-24(2)15-16)25-10-12-26(13-11-25)18-21-8-5-9-22-18;/h5,8-9,14-15H,3-4,6-7,10-13H2,1-2H3,(H,19,20);1H. The molecule has 1 aliphatic rings. The van der Waals surface area contributed by atoms with Crippen LogP contribution in [0.15, 0.2) is 35.8 Å². The molecule has 2 aromatic heterocycles. The van der Waals surface area contributed by atoms with Gasteiger partial charge in [0.1, 0.15) is 0 Å². The zero-order valence-electron chi connectivity index (χ0n) is 16.1. The number of nitrogens with zero attached hydrogens (tertiary/aromatic N) is 7. The SMILES string of the molecule is CCNC(=NCCCc1cnn(C)c1)N1CCN(c2ncccn2)CC1.I. The molecule has 8 nitrogen and oxygen atoms in total. The summed E-state index contributed by atoms with van der Waals surface area (Å²) in [6.07, 6.45) is 9.62. The topological polar surface area (TPSA) is 74.5 Å². The van der Waals surface area contributed by atoms with Crippen LogP contribution in [0.2, 0.25) is 0 Å². The minimum absolute atomic E-state index is 0. The van der Waals surface area contributed by atoms with Crippen molar-refractivity contribution < 1.29 is 0 Å². The first-order valence-corrected chi connectivity index (χ1v) is 9.29. The molecule has 3 rings (SSSR count). The lowest BCUT2D eigenvalue weighted by Crippen LogP contribution is -2.53. The second-order valence-electron chi connectivity index (χ2n) is 6.38. The number of guanidine groups is 1. The molecule has 0 saturated carbocycles. The summed E-state index contributed by atoms with van der Waals surface area (Å²) in [5.41, 5.74) is 1.27. The Kier molecular flexibility index (Phi) is 8.76. The summed E-state index contributed by atoms with van der Waals surface area (Å²) in [4.78, 5) is 18.0. The van der Waals surface area contributed by atoms with Gasteiger partial charge in [0.05, 0.1) is 6.20 Å². The quantitative estimate of drug-likeness (QED) is 0.290. The molecule has 9 heteroatoms. The fourth-order valence-corrected chi connectivity index (χ4v) is 3.07. The number of nitrogens with one attached hydrogen (secondary N) is 1. The highest BCUT2D eigenvalue weighted by molar-refractivity contribution is 14.0. The van der Waals surface area contributed by atoms with E-state index in [1.165, 1.54) is 5.56 Å². The van der Waals surface area contributed by atoms with Gasteiger partial charge in [0.25, 0.3) is 0 Å². The monoisotopic (exact) mass is 484 g/mol. The number of hydrogen-bond acceptors (Lipinski definition) is 5. The highest BCUT2D eigenvalue weighted by Gasteiger charge is 2.20. The molecule has 1 N–H and O–H groups in total. The first kappa shape index (κ1) is 21.4. The van der Waals surface area contributed by atoms with E-state index in [9.17, 15) is 0 Å².